The summed E-state index contributed by atoms with van der Waals surface area (Å²) < 4.78 is 5.23. The van der Waals surface area contributed by atoms with Crippen molar-refractivity contribution in [2.45, 2.75) is 12.0 Å². The molecule has 1 atom stereocenters. The third-order valence-electron chi connectivity index (χ3n) is 3.49. The Morgan fingerprint density at radius 3 is 3.11 bits per heavy atom. The van der Waals surface area contributed by atoms with Crippen molar-refractivity contribution in [1.29, 1.82) is 0 Å². The summed E-state index contributed by atoms with van der Waals surface area (Å²) in [7, 11) is 0. The summed E-state index contributed by atoms with van der Waals surface area (Å²) in [6.07, 6.45) is 2.38. The number of pyridine rings is 1. The van der Waals surface area contributed by atoms with Crippen LogP contribution in [0.2, 0.25) is 0 Å². The van der Waals surface area contributed by atoms with E-state index in [4.69, 9.17) is 10.5 Å². The van der Waals surface area contributed by atoms with Gasteiger partial charge in [0.05, 0.1) is 17.8 Å². The van der Waals surface area contributed by atoms with Crippen LogP contribution >= 0.6 is 0 Å². The maximum Gasteiger partial charge on any atom is 0.107 e. The second-order valence-corrected chi connectivity index (χ2v) is 4.98. The van der Waals surface area contributed by atoms with Crippen LogP contribution < -0.4 is 11.1 Å². The third-order valence-corrected chi connectivity index (χ3v) is 3.49. The van der Waals surface area contributed by atoms with Gasteiger partial charge in [0, 0.05) is 36.8 Å². The first-order valence-corrected chi connectivity index (χ1v) is 6.35. The average molecular weight is 259 g/mol. The normalized spacial score (nSPS) is 22.8. The predicted octanol–water partition coefficient (Wildman–Crippen LogP) is 1.38. The Morgan fingerprint density at radius 2 is 2.32 bits per heavy atom. The smallest absolute Gasteiger partial charge is 0.107 e. The van der Waals surface area contributed by atoms with Gasteiger partial charge in [0.1, 0.15) is 5.60 Å². The number of nitrogens with two attached hydrogens (primary N) is 1. The number of nitrogen functional groups attached to an aromatic ring is 1. The van der Waals surface area contributed by atoms with Gasteiger partial charge in [-0.25, -0.2) is 0 Å². The number of benzene rings is 1. The highest BCUT2D eigenvalue weighted by molar-refractivity contribution is 5.98. The van der Waals surface area contributed by atoms with Gasteiger partial charge in [-0.05, 0) is 24.3 Å². The molecule has 1 aliphatic rings. The Hall–Kier alpha value is -1.85. The largest absolute Gasteiger partial charge is 0.397 e. The van der Waals surface area contributed by atoms with Crippen molar-refractivity contribution in [1.82, 2.24) is 4.98 Å². The summed E-state index contributed by atoms with van der Waals surface area (Å²) in [5, 5.41) is 14.5. The SMILES string of the molecule is Nc1ccc(NCC2(O)CCOC2)c2cccnc12. The van der Waals surface area contributed by atoms with Gasteiger partial charge in [-0.15, -0.1) is 0 Å². The minimum Gasteiger partial charge on any atom is -0.397 e. The molecule has 2 heterocycles. The van der Waals surface area contributed by atoms with Crippen LogP contribution in [0, 0.1) is 0 Å². The molecule has 0 saturated carbocycles. The highest BCUT2D eigenvalue weighted by Crippen LogP contribution is 2.27. The second-order valence-electron chi connectivity index (χ2n) is 4.98. The van der Waals surface area contributed by atoms with Crippen LogP contribution in [-0.4, -0.2) is 35.5 Å². The molecule has 5 nitrogen and oxygen atoms in total. The molecular formula is C14H17N3O2. The van der Waals surface area contributed by atoms with Crippen LogP contribution in [0.1, 0.15) is 6.42 Å². The van der Waals surface area contributed by atoms with Gasteiger partial charge in [0.15, 0.2) is 0 Å². The number of hydrogen-bond donors (Lipinski definition) is 3. The number of anilines is 2. The summed E-state index contributed by atoms with van der Waals surface area (Å²) in [4.78, 5) is 4.29. The van der Waals surface area contributed by atoms with Crippen molar-refractivity contribution in [2.24, 2.45) is 0 Å². The van der Waals surface area contributed by atoms with Crippen LogP contribution in [0.15, 0.2) is 30.5 Å². The lowest BCUT2D eigenvalue weighted by molar-refractivity contribution is 0.0382. The van der Waals surface area contributed by atoms with Crippen LogP contribution in [0.4, 0.5) is 11.4 Å². The molecule has 0 bridgehead atoms. The predicted molar refractivity (Wildman–Crippen MR) is 75.0 cm³/mol. The molecule has 0 aliphatic carbocycles. The van der Waals surface area contributed by atoms with Crippen molar-refractivity contribution in [3.05, 3.63) is 30.5 Å². The van der Waals surface area contributed by atoms with Crippen LogP contribution in [-0.2, 0) is 4.74 Å². The minimum atomic E-state index is -0.782. The van der Waals surface area contributed by atoms with E-state index in [0.29, 0.717) is 31.9 Å². The van der Waals surface area contributed by atoms with E-state index in [2.05, 4.69) is 10.3 Å². The Balaban J connectivity index is 1.87. The Bertz CT molecular complexity index is 594. The maximum atomic E-state index is 10.3. The topological polar surface area (TPSA) is 80.4 Å². The Morgan fingerprint density at radius 1 is 1.42 bits per heavy atom. The highest BCUT2D eigenvalue weighted by Gasteiger charge is 2.31. The summed E-state index contributed by atoms with van der Waals surface area (Å²) in [5.41, 5.74) is 7.49. The molecule has 1 unspecified atom stereocenters. The minimum absolute atomic E-state index is 0.380. The van der Waals surface area contributed by atoms with Gasteiger partial charge in [0.25, 0.3) is 0 Å². The van der Waals surface area contributed by atoms with E-state index in [9.17, 15) is 5.11 Å². The molecule has 100 valence electrons. The molecule has 0 spiro atoms. The summed E-state index contributed by atoms with van der Waals surface area (Å²) in [6, 6.07) is 7.59. The molecule has 0 radical (unpaired) electrons. The van der Waals surface area contributed by atoms with E-state index in [-0.39, 0.29) is 0 Å². The van der Waals surface area contributed by atoms with E-state index < -0.39 is 5.60 Å². The summed E-state index contributed by atoms with van der Waals surface area (Å²) >= 11 is 0. The fourth-order valence-corrected chi connectivity index (χ4v) is 2.34. The lowest BCUT2D eigenvalue weighted by Crippen LogP contribution is -2.37. The number of aliphatic hydroxyl groups is 1. The van der Waals surface area contributed by atoms with Crippen LogP contribution in [0.25, 0.3) is 10.9 Å². The van der Waals surface area contributed by atoms with Crippen LogP contribution in [0.3, 0.4) is 0 Å². The monoisotopic (exact) mass is 259 g/mol. The lowest BCUT2D eigenvalue weighted by Gasteiger charge is -2.22. The number of nitrogens with one attached hydrogen (secondary N) is 1. The molecule has 1 aromatic carbocycles. The van der Waals surface area contributed by atoms with Gasteiger partial charge < -0.3 is 20.9 Å². The average Bonchev–Trinajstić information content (AvgIpc) is 2.86. The summed E-state index contributed by atoms with van der Waals surface area (Å²) in [6.45, 7) is 1.45. The van der Waals surface area contributed by atoms with Crippen LogP contribution in [0.5, 0.6) is 0 Å². The first kappa shape index (κ1) is 12.2. The van der Waals surface area contributed by atoms with Crippen molar-refractivity contribution < 1.29 is 9.84 Å². The standard InChI is InChI=1S/C14H17N3O2/c15-11-3-4-12(10-2-1-6-16-13(10)11)17-8-14(18)5-7-19-9-14/h1-4,6,17-18H,5,7-9,15H2. The molecule has 1 aromatic heterocycles. The van der Waals surface area contributed by atoms with Gasteiger partial charge in [-0.1, -0.05) is 0 Å². The van der Waals surface area contributed by atoms with Gasteiger partial charge in [-0.3, -0.25) is 4.98 Å². The molecular weight excluding hydrogens is 242 g/mol. The Labute approximate surface area is 111 Å². The van der Waals surface area contributed by atoms with Crippen molar-refractivity contribution in [3.8, 4) is 0 Å². The lowest BCUT2D eigenvalue weighted by atomic mass is 10.0. The van der Waals surface area contributed by atoms with E-state index >= 15 is 0 Å². The number of aromatic nitrogens is 1. The highest BCUT2D eigenvalue weighted by atomic mass is 16.5. The maximum absolute atomic E-state index is 10.3. The van der Waals surface area contributed by atoms with Crippen molar-refractivity contribution in [3.63, 3.8) is 0 Å². The van der Waals surface area contributed by atoms with E-state index in [0.717, 1.165) is 16.6 Å². The van der Waals surface area contributed by atoms with Crippen molar-refractivity contribution >= 4 is 22.3 Å². The van der Waals surface area contributed by atoms with E-state index in [1.807, 2.05) is 24.3 Å². The fraction of sp³-hybridized carbons (Fsp3) is 0.357. The van der Waals surface area contributed by atoms with Crippen molar-refractivity contribution in [2.75, 3.05) is 30.8 Å². The molecule has 3 rings (SSSR count). The van der Waals surface area contributed by atoms with Gasteiger partial charge in [0.2, 0.25) is 0 Å². The Kier molecular flexibility index (Phi) is 3.00. The quantitative estimate of drug-likeness (QED) is 0.726. The molecule has 19 heavy (non-hydrogen) atoms. The zero-order chi connectivity index (χ0) is 13.3. The van der Waals surface area contributed by atoms with E-state index in [1.165, 1.54) is 0 Å². The molecule has 0 amide bonds. The fourth-order valence-electron chi connectivity index (χ4n) is 2.34. The molecule has 4 N–H and O–H groups in total. The molecule has 5 heteroatoms. The number of hydrogen-bond acceptors (Lipinski definition) is 5. The molecule has 1 saturated heterocycles. The first-order valence-electron chi connectivity index (χ1n) is 6.35. The number of fused-ring (bicyclic) bond motifs is 1. The first-order chi connectivity index (χ1) is 9.18. The zero-order valence-electron chi connectivity index (χ0n) is 10.6. The molecule has 1 aliphatic heterocycles. The van der Waals surface area contributed by atoms with Gasteiger partial charge in [-0.2, -0.15) is 0 Å². The zero-order valence-corrected chi connectivity index (χ0v) is 10.6. The summed E-state index contributed by atoms with van der Waals surface area (Å²) in [5.74, 6) is 0. The molecule has 1 fully saturated rings. The third kappa shape index (κ3) is 2.34. The number of ether oxygens (including phenoxy) is 1. The molecule has 2 aromatic rings. The van der Waals surface area contributed by atoms with E-state index in [1.54, 1.807) is 6.20 Å². The number of rotatable bonds is 3. The van der Waals surface area contributed by atoms with Gasteiger partial charge >= 0.3 is 0 Å². The second kappa shape index (κ2) is 4.68. The number of nitrogens with zero attached hydrogens (tertiary/aromatic N) is 1.